The molecule has 1 amide bonds. The summed E-state index contributed by atoms with van der Waals surface area (Å²) in [6.45, 7) is 8.08. The lowest BCUT2D eigenvalue weighted by molar-refractivity contribution is -0.121. The second-order valence-corrected chi connectivity index (χ2v) is 4.05. The molecule has 1 unspecified atom stereocenters. The Morgan fingerprint density at radius 3 is 2.38 bits per heavy atom. The van der Waals surface area contributed by atoms with Crippen molar-refractivity contribution in [3.8, 4) is 0 Å². The predicted octanol–water partition coefficient (Wildman–Crippen LogP) is 0.899. The number of carbonyl (C=O) groups excluding carboxylic acids is 1. The van der Waals surface area contributed by atoms with Crippen LogP contribution in [0.4, 0.5) is 0 Å². The summed E-state index contributed by atoms with van der Waals surface area (Å²) in [5, 5.41) is 15.6. The highest BCUT2D eigenvalue weighted by Gasteiger charge is 2.15. The van der Waals surface area contributed by atoms with Gasteiger partial charge in [0.25, 0.3) is 0 Å². The van der Waals surface area contributed by atoms with Crippen LogP contribution in [0.15, 0.2) is 0 Å². The van der Waals surface area contributed by atoms with Crippen LogP contribution < -0.4 is 10.6 Å². The van der Waals surface area contributed by atoms with Crippen LogP contribution in [0.1, 0.15) is 40.0 Å². The second-order valence-electron chi connectivity index (χ2n) is 4.05. The molecule has 96 valence electrons. The molecule has 0 spiro atoms. The van der Waals surface area contributed by atoms with E-state index in [1.54, 1.807) is 0 Å². The molecule has 0 saturated carbocycles. The van der Waals surface area contributed by atoms with Crippen molar-refractivity contribution in [3.05, 3.63) is 0 Å². The molecule has 0 heterocycles. The smallest absolute Gasteiger partial charge is 0.221 e. The summed E-state index contributed by atoms with van der Waals surface area (Å²) in [6, 6.07) is 0. The molecule has 0 aliphatic heterocycles. The Morgan fingerprint density at radius 1 is 1.25 bits per heavy atom. The van der Waals surface area contributed by atoms with Crippen LogP contribution >= 0.6 is 0 Å². The fourth-order valence-electron chi connectivity index (χ4n) is 1.68. The van der Waals surface area contributed by atoms with Crippen molar-refractivity contribution < 1.29 is 9.90 Å². The Bertz CT molecular complexity index is 182. The first-order valence-electron chi connectivity index (χ1n) is 6.31. The maximum absolute atomic E-state index is 11.4. The van der Waals surface area contributed by atoms with E-state index >= 15 is 0 Å². The molecule has 0 aromatic rings. The van der Waals surface area contributed by atoms with Gasteiger partial charge in [0.2, 0.25) is 5.91 Å². The molecule has 0 fully saturated rings. The quantitative estimate of drug-likeness (QED) is 0.516. The molecule has 0 aliphatic carbocycles. The summed E-state index contributed by atoms with van der Waals surface area (Å²) < 4.78 is 0. The minimum absolute atomic E-state index is 0.00551. The first-order valence-corrected chi connectivity index (χ1v) is 6.31. The van der Waals surface area contributed by atoms with Crippen molar-refractivity contribution >= 4 is 5.91 Å². The van der Waals surface area contributed by atoms with E-state index in [4.69, 9.17) is 0 Å². The third kappa shape index (κ3) is 6.80. The molecule has 0 saturated heterocycles. The van der Waals surface area contributed by atoms with Crippen molar-refractivity contribution in [2.45, 2.75) is 46.1 Å². The Kier molecular flexibility index (Phi) is 9.24. The Hall–Kier alpha value is -0.610. The molecule has 16 heavy (non-hydrogen) atoms. The summed E-state index contributed by atoms with van der Waals surface area (Å²) in [4.78, 5) is 11.4. The summed E-state index contributed by atoms with van der Waals surface area (Å²) in [7, 11) is 0. The Labute approximate surface area is 98.8 Å². The monoisotopic (exact) mass is 230 g/mol. The molecular weight excluding hydrogens is 204 g/mol. The molecule has 4 nitrogen and oxygen atoms in total. The van der Waals surface area contributed by atoms with E-state index in [0.717, 1.165) is 19.4 Å². The number of aliphatic hydroxyl groups is 1. The fraction of sp³-hybridized carbons (Fsp3) is 0.917. The van der Waals surface area contributed by atoms with E-state index in [1.807, 2.05) is 6.92 Å². The lowest BCUT2D eigenvalue weighted by Crippen LogP contribution is -2.37. The zero-order valence-corrected chi connectivity index (χ0v) is 10.8. The molecular formula is C12H26N2O2. The third-order valence-corrected chi connectivity index (χ3v) is 2.88. The third-order valence-electron chi connectivity index (χ3n) is 2.88. The van der Waals surface area contributed by atoms with Gasteiger partial charge in [-0.25, -0.2) is 0 Å². The van der Waals surface area contributed by atoms with Crippen molar-refractivity contribution in [3.63, 3.8) is 0 Å². The SMILES string of the molecule is CCNCCC(=O)NCC(O)C(CC)CC. The van der Waals surface area contributed by atoms with Crippen molar-refractivity contribution in [2.75, 3.05) is 19.6 Å². The van der Waals surface area contributed by atoms with Gasteiger partial charge in [-0.05, 0) is 12.5 Å². The number of hydrogen-bond acceptors (Lipinski definition) is 3. The first-order chi connectivity index (χ1) is 7.65. The number of rotatable bonds is 9. The molecule has 0 aliphatic rings. The predicted molar refractivity (Wildman–Crippen MR) is 66.2 cm³/mol. The molecule has 1 atom stereocenters. The fourth-order valence-corrected chi connectivity index (χ4v) is 1.68. The minimum Gasteiger partial charge on any atom is -0.391 e. The van der Waals surface area contributed by atoms with Gasteiger partial charge in [0.15, 0.2) is 0 Å². The van der Waals surface area contributed by atoms with E-state index < -0.39 is 6.10 Å². The van der Waals surface area contributed by atoms with E-state index in [9.17, 15) is 9.90 Å². The van der Waals surface area contributed by atoms with E-state index in [0.29, 0.717) is 19.5 Å². The Morgan fingerprint density at radius 2 is 1.88 bits per heavy atom. The normalized spacial score (nSPS) is 12.8. The highest BCUT2D eigenvalue weighted by atomic mass is 16.3. The first kappa shape index (κ1) is 15.4. The van der Waals surface area contributed by atoms with Gasteiger partial charge in [-0.1, -0.05) is 33.6 Å². The van der Waals surface area contributed by atoms with Gasteiger partial charge in [-0.3, -0.25) is 4.79 Å². The number of nitrogens with one attached hydrogen (secondary N) is 2. The lowest BCUT2D eigenvalue weighted by Gasteiger charge is -2.20. The highest BCUT2D eigenvalue weighted by molar-refractivity contribution is 5.76. The molecule has 0 aromatic carbocycles. The molecule has 4 heteroatoms. The van der Waals surface area contributed by atoms with E-state index in [1.165, 1.54) is 0 Å². The number of aliphatic hydroxyl groups excluding tert-OH is 1. The largest absolute Gasteiger partial charge is 0.391 e. The summed E-state index contributed by atoms with van der Waals surface area (Å²) in [5.41, 5.74) is 0. The zero-order valence-electron chi connectivity index (χ0n) is 10.8. The maximum Gasteiger partial charge on any atom is 0.221 e. The van der Waals surface area contributed by atoms with Crippen molar-refractivity contribution in [1.29, 1.82) is 0 Å². The van der Waals surface area contributed by atoms with Crippen molar-refractivity contribution in [1.82, 2.24) is 10.6 Å². The second kappa shape index (κ2) is 9.60. The van der Waals surface area contributed by atoms with Crippen LogP contribution in [0, 0.1) is 5.92 Å². The van der Waals surface area contributed by atoms with Gasteiger partial charge in [0.05, 0.1) is 6.10 Å². The molecule has 0 radical (unpaired) electrons. The van der Waals surface area contributed by atoms with Gasteiger partial charge in [-0.2, -0.15) is 0 Å². The lowest BCUT2D eigenvalue weighted by atomic mass is 9.96. The number of amides is 1. The van der Waals surface area contributed by atoms with E-state index in [2.05, 4.69) is 24.5 Å². The summed E-state index contributed by atoms with van der Waals surface area (Å²) >= 11 is 0. The van der Waals surface area contributed by atoms with Gasteiger partial charge >= 0.3 is 0 Å². The minimum atomic E-state index is -0.418. The molecule has 0 aromatic heterocycles. The number of carbonyl (C=O) groups is 1. The van der Waals surface area contributed by atoms with Gasteiger partial charge in [-0.15, -0.1) is 0 Å². The van der Waals surface area contributed by atoms with Crippen LogP contribution in [-0.4, -0.2) is 36.8 Å². The van der Waals surface area contributed by atoms with Gasteiger partial charge in [0, 0.05) is 19.5 Å². The number of hydrogen-bond donors (Lipinski definition) is 3. The van der Waals surface area contributed by atoms with Crippen LogP contribution in [0.25, 0.3) is 0 Å². The van der Waals surface area contributed by atoms with Crippen molar-refractivity contribution in [2.24, 2.45) is 5.92 Å². The average Bonchev–Trinajstić information content (AvgIpc) is 2.28. The molecule has 0 bridgehead atoms. The van der Waals surface area contributed by atoms with Crippen LogP contribution in [0.3, 0.4) is 0 Å². The Balaban J connectivity index is 3.65. The summed E-state index contributed by atoms with van der Waals surface area (Å²) in [5.74, 6) is 0.292. The molecule has 3 N–H and O–H groups in total. The topological polar surface area (TPSA) is 61.4 Å². The maximum atomic E-state index is 11.4. The van der Waals surface area contributed by atoms with Crippen LogP contribution in [-0.2, 0) is 4.79 Å². The van der Waals surface area contributed by atoms with Crippen LogP contribution in [0.5, 0.6) is 0 Å². The molecule has 0 rings (SSSR count). The zero-order chi connectivity index (χ0) is 12.4. The average molecular weight is 230 g/mol. The van der Waals surface area contributed by atoms with Gasteiger partial charge < -0.3 is 15.7 Å². The van der Waals surface area contributed by atoms with Crippen LogP contribution in [0.2, 0.25) is 0 Å². The van der Waals surface area contributed by atoms with Gasteiger partial charge in [0.1, 0.15) is 0 Å². The van der Waals surface area contributed by atoms with E-state index in [-0.39, 0.29) is 11.8 Å². The highest BCUT2D eigenvalue weighted by Crippen LogP contribution is 2.12. The standard InChI is InChI=1S/C12H26N2O2/c1-4-10(5-2)11(15)9-14-12(16)7-8-13-6-3/h10-11,13,15H,4-9H2,1-3H3,(H,14,16). The summed E-state index contributed by atoms with van der Waals surface area (Å²) in [6.07, 6.45) is 1.96.